The van der Waals surface area contributed by atoms with Crippen molar-refractivity contribution in [3.63, 3.8) is 0 Å². The molecule has 42 heavy (non-hydrogen) atoms. The first-order valence-electron chi connectivity index (χ1n) is 18.0. The molecule has 0 aromatic carbocycles. The third-order valence-corrected chi connectivity index (χ3v) is 13.8. The Morgan fingerprint density at radius 1 is 0.262 bits per heavy atom. The molecule has 9 fully saturated rings. The summed E-state index contributed by atoms with van der Waals surface area (Å²) in [5.74, 6) is 5.97. The van der Waals surface area contributed by atoms with Crippen LogP contribution < -0.4 is 42.5 Å². The number of nitrogens with one attached hydrogen (secondary N) is 8. The van der Waals surface area contributed by atoms with Crippen molar-refractivity contribution in [2.75, 3.05) is 0 Å². The molecule has 8 atom stereocenters. The molecule has 5 heterocycles. The minimum absolute atomic E-state index is 0.420. The van der Waals surface area contributed by atoms with Crippen molar-refractivity contribution in [1.29, 1.82) is 0 Å². The van der Waals surface area contributed by atoms with E-state index in [0.717, 1.165) is 47.3 Å². The van der Waals surface area contributed by atoms with Crippen LogP contribution in [0.3, 0.4) is 0 Å². The zero-order valence-corrected chi connectivity index (χ0v) is 26.2. The van der Waals surface area contributed by atoms with E-state index in [1.54, 1.807) is 0 Å². The Bertz CT molecular complexity index is 723. The summed E-state index contributed by atoms with van der Waals surface area (Å²) < 4.78 is 9.06. The molecule has 4 saturated carbocycles. The van der Waals surface area contributed by atoms with Gasteiger partial charge in [-0.3, -0.25) is 42.5 Å². The van der Waals surface area contributed by atoms with E-state index in [1.807, 2.05) is 0 Å². The third kappa shape index (κ3) is 5.26. The molecule has 0 amide bonds. The zero-order valence-electron chi connectivity index (χ0n) is 25.2. The standard InChI is InChI=1S/C32H56N8.Cu.FH/c1-2-10-18-17(9-1)25-33-26(18)38-28-21-13-5-6-14-22(21)30(35-28)40-32-24-16-8-7-15-23(24)31(36-32)39-29-20-12-4-3-11-19(20)27(34-29)37-25;;/h17-40H,1-16H2;;1H/q;+1;/p-1. The Labute approximate surface area is 261 Å². The average Bonchev–Trinajstić information content (AvgIpc) is 3.78. The third-order valence-electron chi connectivity index (χ3n) is 13.8. The van der Waals surface area contributed by atoms with Crippen LogP contribution in [0.4, 0.5) is 3.55 Å². The van der Waals surface area contributed by atoms with Gasteiger partial charge in [-0.05, 0) is 98.7 Å². The normalized spacial score (nSPS) is 55.0. The Morgan fingerprint density at radius 3 is 0.500 bits per heavy atom. The van der Waals surface area contributed by atoms with Crippen molar-refractivity contribution in [1.82, 2.24) is 42.5 Å². The van der Waals surface area contributed by atoms with Gasteiger partial charge in [0.25, 0.3) is 0 Å². The molecule has 0 aromatic heterocycles. The van der Waals surface area contributed by atoms with Crippen LogP contribution in [0.2, 0.25) is 0 Å². The van der Waals surface area contributed by atoms with Crippen molar-refractivity contribution in [3.8, 4) is 0 Å². The first kappa shape index (κ1) is 29.5. The zero-order chi connectivity index (χ0) is 28.2. The van der Waals surface area contributed by atoms with Gasteiger partial charge in [-0.1, -0.05) is 51.4 Å². The maximum atomic E-state index is 9.06. The fraction of sp³-hybridized carbons (Fsp3) is 1.00. The van der Waals surface area contributed by atoms with Crippen LogP contribution in [0.1, 0.15) is 103 Å². The van der Waals surface area contributed by atoms with Crippen LogP contribution in [0.15, 0.2) is 0 Å². The molecular weight excluding hydrogens is 579 g/mol. The molecule has 8 bridgehead atoms. The second-order valence-corrected chi connectivity index (χ2v) is 15.6. The van der Waals surface area contributed by atoms with E-state index < -0.39 is 0 Å². The SMILES string of the molecule is C1CCC2C3NC(NC4NC(NC5NC(NC6NC(N3)C3CCCCC63)C3CCCCC53)C3CCCCC43)C2C1.[F][Cu]. The molecule has 5 aliphatic heterocycles. The number of rotatable bonds is 0. The van der Waals surface area contributed by atoms with Gasteiger partial charge in [-0.2, -0.15) is 0 Å². The van der Waals surface area contributed by atoms with Crippen LogP contribution in [0.5, 0.6) is 0 Å². The Balaban J connectivity index is 0.00000131. The molecule has 10 heteroatoms. The molecule has 0 aromatic rings. The van der Waals surface area contributed by atoms with Crippen molar-refractivity contribution in [2.45, 2.75) is 152 Å². The van der Waals surface area contributed by atoms with E-state index in [-0.39, 0.29) is 0 Å². The maximum absolute atomic E-state index is 9.06. The summed E-state index contributed by atoms with van der Waals surface area (Å²) in [4.78, 5) is 0. The Kier molecular flexibility index (Phi) is 8.95. The molecule has 9 aliphatic rings. The quantitative estimate of drug-likeness (QED) is 0.193. The Morgan fingerprint density at radius 2 is 0.381 bits per heavy atom. The first-order valence-corrected chi connectivity index (χ1v) is 18.4. The Hall–Kier alpha value is 0.129. The molecule has 0 radical (unpaired) electrons. The summed E-state index contributed by atoms with van der Waals surface area (Å²) in [5, 5.41) is 33.8. The summed E-state index contributed by atoms with van der Waals surface area (Å²) in [6.45, 7) is 0. The van der Waals surface area contributed by atoms with Gasteiger partial charge < -0.3 is 0 Å². The van der Waals surface area contributed by atoms with Gasteiger partial charge in [0.1, 0.15) is 0 Å². The van der Waals surface area contributed by atoms with Crippen LogP contribution in [-0.2, 0) is 16.5 Å². The molecule has 8 N–H and O–H groups in total. The van der Waals surface area contributed by atoms with Crippen LogP contribution in [0, 0.1) is 47.3 Å². The van der Waals surface area contributed by atoms with Crippen LogP contribution >= 0.6 is 0 Å². The van der Waals surface area contributed by atoms with E-state index in [4.69, 9.17) is 3.55 Å². The minimum atomic E-state index is 0.420. The summed E-state index contributed by atoms with van der Waals surface area (Å²) in [6.07, 6.45) is 25.6. The van der Waals surface area contributed by atoms with Gasteiger partial charge in [0.05, 0.1) is 49.3 Å². The molecule has 242 valence electrons. The van der Waals surface area contributed by atoms with Gasteiger partial charge >= 0.3 is 20.0 Å². The van der Waals surface area contributed by atoms with Gasteiger partial charge in [0, 0.05) is 0 Å². The van der Waals surface area contributed by atoms with E-state index in [0.29, 0.717) is 49.3 Å². The summed E-state index contributed by atoms with van der Waals surface area (Å²) in [5.41, 5.74) is 0. The van der Waals surface area contributed by atoms with Gasteiger partial charge in [0.15, 0.2) is 0 Å². The molecule has 5 saturated heterocycles. The second-order valence-electron chi connectivity index (χ2n) is 15.6. The van der Waals surface area contributed by atoms with Crippen molar-refractivity contribution >= 4 is 0 Å². The van der Waals surface area contributed by atoms with E-state index >= 15 is 0 Å². The fourth-order valence-corrected chi connectivity index (χ4v) is 12.0. The van der Waals surface area contributed by atoms with Crippen LogP contribution in [0.25, 0.3) is 0 Å². The molecule has 8 nitrogen and oxygen atoms in total. The average molecular weight is 635 g/mol. The molecule has 9 rings (SSSR count). The molecular formula is C32H56CuFN8. The first-order chi connectivity index (χ1) is 20.8. The summed E-state index contributed by atoms with van der Waals surface area (Å²) in [7, 11) is 0. The predicted octanol–water partition coefficient (Wildman–Crippen LogP) is 3.02. The van der Waals surface area contributed by atoms with Crippen molar-refractivity contribution < 1.29 is 20.0 Å². The van der Waals surface area contributed by atoms with Gasteiger partial charge in [-0.25, -0.2) is 0 Å². The van der Waals surface area contributed by atoms with Crippen molar-refractivity contribution in [3.05, 3.63) is 0 Å². The number of halogens is 1. The molecule has 4 aliphatic carbocycles. The van der Waals surface area contributed by atoms with Crippen LogP contribution in [-0.4, -0.2) is 49.3 Å². The molecule has 0 spiro atoms. The van der Waals surface area contributed by atoms with E-state index in [1.165, 1.54) is 103 Å². The van der Waals surface area contributed by atoms with E-state index in [9.17, 15) is 0 Å². The van der Waals surface area contributed by atoms with Gasteiger partial charge in [-0.15, -0.1) is 0 Å². The topological polar surface area (TPSA) is 96.2 Å². The number of fused-ring (bicyclic) bond motifs is 20. The summed E-state index contributed by atoms with van der Waals surface area (Å²) in [6, 6.07) is 0. The number of hydrogen-bond acceptors (Lipinski definition) is 8. The monoisotopic (exact) mass is 634 g/mol. The molecule has 8 unspecified atom stereocenters. The predicted molar refractivity (Wildman–Crippen MR) is 158 cm³/mol. The van der Waals surface area contributed by atoms with Crippen molar-refractivity contribution in [2.24, 2.45) is 47.3 Å². The fourth-order valence-electron chi connectivity index (χ4n) is 12.0. The van der Waals surface area contributed by atoms with Gasteiger partial charge in [0.2, 0.25) is 0 Å². The number of hydrogen-bond donors (Lipinski definition) is 8. The van der Waals surface area contributed by atoms with E-state index in [2.05, 4.69) is 59.0 Å². The summed E-state index contributed by atoms with van der Waals surface area (Å²) >= 11 is 2.69. The second kappa shape index (κ2) is 12.7.